The summed E-state index contributed by atoms with van der Waals surface area (Å²) >= 11 is 1.40. The Bertz CT molecular complexity index is 126. The Kier molecular flexibility index (Phi) is 7.69. The van der Waals surface area contributed by atoms with Crippen molar-refractivity contribution >= 4 is 11.8 Å². The molecule has 0 aliphatic heterocycles. The fourth-order valence-electron chi connectivity index (χ4n) is 0.862. The van der Waals surface area contributed by atoms with Crippen molar-refractivity contribution in [1.82, 2.24) is 0 Å². The Morgan fingerprint density at radius 1 is 1.31 bits per heavy atom. The molecule has 0 amide bonds. The lowest BCUT2D eigenvalue weighted by atomic mass is 10.2. The Balaban J connectivity index is 3.71. The molecular formula is C8H19NO3S. The predicted octanol–water partition coefficient (Wildman–Crippen LogP) is -0.829. The van der Waals surface area contributed by atoms with E-state index in [9.17, 15) is 0 Å². The van der Waals surface area contributed by atoms with Crippen LogP contribution in [0, 0.1) is 0 Å². The molecule has 0 fully saturated rings. The maximum absolute atomic E-state index is 9.06. The van der Waals surface area contributed by atoms with Gasteiger partial charge in [0.15, 0.2) is 0 Å². The summed E-state index contributed by atoms with van der Waals surface area (Å²) in [5.74, 6) is 0.412. The molecule has 3 unspecified atom stereocenters. The zero-order valence-electron chi connectivity index (χ0n) is 7.89. The number of hydrogen-bond donors (Lipinski definition) is 4. The zero-order chi connectivity index (χ0) is 10.3. The fourth-order valence-corrected chi connectivity index (χ4v) is 1.98. The number of thioether (sulfide) groups is 1. The van der Waals surface area contributed by atoms with Gasteiger partial charge in [0.25, 0.3) is 0 Å². The van der Waals surface area contributed by atoms with Gasteiger partial charge in [-0.2, -0.15) is 11.8 Å². The van der Waals surface area contributed by atoms with E-state index in [-0.39, 0.29) is 24.5 Å². The molecule has 0 spiro atoms. The van der Waals surface area contributed by atoms with Crippen LogP contribution < -0.4 is 5.73 Å². The van der Waals surface area contributed by atoms with E-state index in [0.717, 1.165) is 6.42 Å². The van der Waals surface area contributed by atoms with E-state index in [0.29, 0.717) is 5.75 Å². The number of hydrogen-bond acceptors (Lipinski definition) is 5. The average molecular weight is 209 g/mol. The third-order valence-corrected chi connectivity index (χ3v) is 3.35. The van der Waals surface area contributed by atoms with Gasteiger partial charge in [-0.15, -0.1) is 0 Å². The molecule has 0 saturated heterocycles. The molecular weight excluding hydrogens is 190 g/mol. The smallest absolute Gasteiger partial charge is 0.0861 e. The quantitative estimate of drug-likeness (QED) is 0.440. The van der Waals surface area contributed by atoms with Gasteiger partial charge in [0.2, 0.25) is 0 Å². The highest BCUT2D eigenvalue weighted by Gasteiger charge is 2.16. The minimum Gasteiger partial charge on any atom is -0.395 e. The predicted molar refractivity (Wildman–Crippen MR) is 54.7 cm³/mol. The van der Waals surface area contributed by atoms with Crippen molar-refractivity contribution in [2.45, 2.75) is 30.7 Å². The largest absolute Gasteiger partial charge is 0.395 e. The van der Waals surface area contributed by atoms with Crippen LogP contribution >= 0.6 is 11.8 Å². The molecule has 5 N–H and O–H groups in total. The van der Waals surface area contributed by atoms with Crippen LogP contribution in [0.3, 0.4) is 0 Å². The van der Waals surface area contributed by atoms with E-state index in [2.05, 4.69) is 0 Å². The molecule has 0 heterocycles. The summed E-state index contributed by atoms with van der Waals surface area (Å²) in [5, 5.41) is 26.5. The maximum Gasteiger partial charge on any atom is 0.0861 e. The third-order valence-electron chi connectivity index (χ3n) is 1.84. The lowest BCUT2D eigenvalue weighted by Crippen LogP contribution is -2.35. The zero-order valence-corrected chi connectivity index (χ0v) is 8.70. The topological polar surface area (TPSA) is 86.7 Å². The van der Waals surface area contributed by atoms with Crippen LogP contribution in [0.2, 0.25) is 0 Å². The van der Waals surface area contributed by atoms with Crippen LogP contribution in [-0.2, 0) is 0 Å². The van der Waals surface area contributed by atoms with Crippen molar-refractivity contribution in [3.8, 4) is 0 Å². The van der Waals surface area contributed by atoms with Crippen LogP contribution in [-0.4, -0.2) is 51.7 Å². The second-order valence-corrected chi connectivity index (χ2v) is 4.24. The van der Waals surface area contributed by atoms with Gasteiger partial charge in [0, 0.05) is 17.0 Å². The van der Waals surface area contributed by atoms with E-state index in [4.69, 9.17) is 21.1 Å². The summed E-state index contributed by atoms with van der Waals surface area (Å²) in [6, 6.07) is -0.0547. The normalized spacial score (nSPS) is 18.2. The van der Waals surface area contributed by atoms with Gasteiger partial charge in [-0.3, -0.25) is 0 Å². The summed E-state index contributed by atoms with van der Waals surface area (Å²) < 4.78 is 0. The Morgan fingerprint density at radius 2 is 1.92 bits per heavy atom. The number of aliphatic hydroxyl groups is 3. The third kappa shape index (κ3) is 5.49. The van der Waals surface area contributed by atoms with Crippen LogP contribution in [0.5, 0.6) is 0 Å². The molecule has 80 valence electrons. The summed E-state index contributed by atoms with van der Waals surface area (Å²) in [6.45, 7) is 1.72. The van der Waals surface area contributed by atoms with Gasteiger partial charge in [-0.25, -0.2) is 0 Å². The first-order chi connectivity index (χ1) is 6.15. The molecule has 0 saturated carbocycles. The van der Waals surface area contributed by atoms with Gasteiger partial charge >= 0.3 is 0 Å². The highest BCUT2D eigenvalue weighted by molar-refractivity contribution is 8.00. The molecule has 3 atom stereocenters. The fraction of sp³-hybridized carbons (Fsp3) is 1.00. The monoisotopic (exact) mass is 209 g/mol. The Labute approximate surface area is 83.1 Å². The van der Waals surface area contributed by atoms with Crippen LogP contribution in [0.15, 0.2) is 0 Å². The molecule has 0 aliphatic rings. The van der Waals surface area contributed by atoms with Crippen molar-refractivity contribution in [3.63, 3.8) is 0 Å². The minimum atomic E-state index is -0.719. The highest BCUT2D eigenvalue weighted by atomic mass is 32.2. The summed E-state index contributed by atoms with van der Waals surface area (Å²) in [5.41, 5.74) is 5.73. The van der Waals surface area contributed by atoms with Crippen LogP contribution in [0.25, 0.3) is 0 Å². The van der Waals surface area contributed by atoms with Gasteiger partial charge < -0.3 is 21.1 Å². The molecule has 13 heavy (non-hydrogen) atoms. The van der Waals surface area contributed by atoms with Gasteiger partial charge in [0.1, 0.15) is 0 Å². The molecule has 0 radical (unpaired) electrons. The van der Waals surface area contributed by atoms with Gasteiger partial charge in [-0.1, -0.05) is 6.92 Å². The molecule has 0 aromatic rings. The SMILES string of the molecule is CCC(N)C(CO)SCC(O)CO. The maximum atomic E-state index is 9.06. The first-order valence-corrected chi connectivity index (χ1v) is 5.47. The summed E-state index contributed by atoms with van der Waals surface area (Å²) in [7, 11) is 0. The average Bonchev–Trinajstić information content (AvgIpc) is 2.17. The molecule has 5 heteroatoms. The molecule has 4 nitrogen and oxygen atoms in total. The molecule has 0 aromatic heterocycles. The second kappa shape index (κ2) is 7.58. The standard InChI is InChI=1S/C8H19NO3S/c1-2-7(9)8(4-11)13-5-6(12)3-10/h6-8,10-12H,2-5,9H2,1H3. The van der Waals surface area contributed by atoms with Crippen molar-refractivity contribution in [1.29, 1.82) is 0 Å². The first-order valence-electron chi connectivity index (χ1n) is 4.42. The molecule has 0 rings (SSSR count). The van der Waals surface area contributed by atoms with E-state index in [1.807, 2.05) is 6.92 Å². The van der Waals surface area contributed by atoms with Crippen molar-refractivity contribution in [3.05, 3.63) is 0 Å². The highest BCUT2D eigenvalue weighted by Crippen LogP contribution is 2.16. The van der Waals surface area contributed by atoms with E-state index < -0.39 is 6.10 Å². The number of rotatable bonds is 7. The molecule has 0 aliphatic carbocycles. The van der Waals surface area contributed by atoms with E-state index in [1.165, 1.54) is 11.8 Å². The van der Waals surface area contributed by atoms with Crippen LogP contribution in [0.4, 0.5) is 0 Å². The number of nitrogens with two attached hydrogens (primary N) is 1. The Morgan fingerprint density at radius 3 is 2.31 bits per heavy atom. The first kappa shape index (κ1) is 13.2. The van der Waals surface area contributed by atoms with Crippen molar-refractivity contribution < 1.29 is 15.3 Å². The summed E-state index contributed by atoms with van der Waals surface area (Å²) in [4.78, 5) is 0. The lowest BCUT2D eigenvalue weighted by Gasteiger charge is -2.20. The summed E-state index contributed by atoms with van der Waals surface area (Å²) in [6.07, 6.45) is 0.0797. The number of aliphatic hydroxyl groups excluding tert-OH is 3. The van der Waals surface area contributed by atoms with Crippen LogP contribution in [0.1, 0.15) is 13.3 Å². The van der Waals surface area contributed by atoms with E-state index in [1.54, 1.807) is 0 Å². The van der Waals surface area contributed by atoms with E-state index >= 15 is 0 Å². The molecule has 0 aromatic carbocycles. The Hall–Kier alpha value is 0.190. The van der Waals surface area contributed by atoms with Gasteiger partial charge in [0.05, 0.1) is 19.3 Å². The van der Waals surface area contributed by atoms with Crippen molar-refractivity contribution in [2.24, 2.45) is 5.73 Å². The van der Waals surface area contributed by atoms with Gasteiger partial charge in [-0.05, 0) is 6.42 Å². The second-order valence-electron chi connectivity index (χ2n) is 2.96. The van der Waals surface area contributed by atoms with Crippen molar-refractivity contribution in [2.75, 3.05) is 19.0 Å². The minimum absolute atomic E-state index is 0.0117. The molecule has 0 bridgehead atoms. The lowest BCUT2D eigenvalue weighted by molar-refractivity contribution is 0.113.